The van der Waals surface area contributed by atoms with Gasteiger partial charge in [0.25, 0.3) is 0 Å². The topological polar surface area (TPSA) is 41.9 Å². The molecule has 4 nitrogen and oxygen atoms in total. The highest BCUT2D eigenvalue weighted by Crippen LogP contribution is 2.30. The van der Waals surface area contributed by atoms with Gasteiger partial charge in [-0.2, -0.15) is 0 Å². The average molecular weight is 380 g/mol. The van der Waals surface area contributed by atoms with E-state index in [0.717, 1.165) is 45.3 Å². The molecule has 0 N–H and O–H groups in total. The highest BCUT2D eigenvalue weighted by molar-refractivity contribution is 5.75. The SMILES string of the molecule is Cc1cccc(-c2cc(-c3ccc(N(C)C)cc3)cc(-c3cccc(C)n3)n2)n1. The summed E-state index contributed by atoms with van der Waals surface area (Å²) in [6.07, 6.45) is 0. The quantitative estimate of drug-likeness (QED) is 0.465. The first kappa shape index (κ1) is 18.8. The molecule has 144 valence electrons. The Labute approximate surface area is 171 Å². The maximum absolute atomic E-state index is 4.89. The molecule has 0 aliphatic heterocycles. The second-order valence-electron chi connectivity index (χ2n) is 7.40. The van der Waals surface area contributed by atoms with Crippen molar-refractivity contribution < 1.29 is 0 Å². The Morgan fingerprint density at radius 3 is 1.52 bits per heavy atom. The standard InChI is InChI=1S/C25H24N4/c1-17-7-5-9-22(26-17)24-15-20(19-11-13-21(14-12-19)29(3)4)16-25(28-24)23-10-6-8-18(2)27-23/h5-16H,1-4H3. The van der Waals surface area contributed by atoms with Crippen LogP contribution in [0.5, 0.6) is 0 Å². The molecule has 4 aromatic rings. The molecule has 0 bridgehead atoms. The molecule has 0 saturated heterocycles. The smallest absolute Gasteiger partial charge is 0.0900 e. The molecule has 0 aliphatic rings. The summed E-state index contributed by atoms with van der Waals surface area (Å²) in [5, 5.41) is 0. The normalized spacial score (nSPS) is 10.8. The zero-order valence-corrected chi connectivity index (χ0v) is 17.2. The first-order chi connectivity index (χ1) is 14.0. The van der Waals surface area contributed by atoms with Crippen LogP contribution in [0.3, 0.4) is 0 Å². The number of nitrogens with zero attached hydrogens (tertiary/aromatic N) is 4. The largest absolute Gasteiger partial charge is 0.378 e. The van der Waals surface area contributed by atoms with E-state index in [9.17, 15) is 0 Å². The molecule has 4 heteroatoms. The van der Waals surface area contributed by atoms with E-state index in [1.807, 2.05) is 64.3 Å². The Morgan fingerprint density at radius 1 is 0.552 bits per heavy atom. The lowest BCUT2D eigenvalue weighted by molar-refractivity contribution is 1.13. The van der Waals surface area contributed by atoms with Gasteiger partial charge in [-0.25, -0.2) is 4.98 Å². The van der Waals surface area contributed by atoms with Crippen LogP contribution in [0.15, 0.2) is 72.8 Å². The van der Waals surface area contributed by atoms with E-state index in [4.69, 9.17) is 4.98 Å². The van der Waals surface area contributed by atoms with Gasteiger partial charge in [0.15, 0.2) is 0 Å². The van der Waals surface area contributed by atoms with Crippen LogP contribution in [0.2, 0.25) is 0 Å². The zero-order valence-electron chi connectivity index (χ0n) is 17.2. The number of anilines is 1. The van der Waals surface area contributed by atoms with Crippen molar-refractivity contribution in [2.45, 2.75) is 13.8 Å². The van der Waals surface area contributed by atoms with Crippen molar-refractivity contribution in [2.75, 3.05) is 19.0 Å². The summed E-state index contributed by atoms with van der Waals surface area (Å²) >= 11 is 0. The van der Waals surface area contributed by atoms with E-state index in [1.54, 1.807) is 0 Å². The number of rotatable bonds is 4. The zero-order chi connectivity index (χ0) is 20.4. The minimum absolute atomic E-state index is 0.848. The Balaban J connectivity index is 1.88. The molecule has 0 radical (unpaired) electrons. The van der Waals surface area contributed by atoms with Crippen molar-refractivity contribution in [3.8, 4) is 33.9 Å². The van der Waals surface area contributed by atoms with Crippen LogP contribution in [0.1, 0.15) is 11.4 Å². The first-order valence-corrected chi connectivity index (χ1v) is 9.67. The van der Waals surface area contributed by atoms with Crippen LogP contribution >= 0.6 is 0 Å². The molecule has 3 aromatic heterocycles. The van der Waals surface area contributed by atoms with Gasteiger partial charge < -0.3 is 4.90 Å². The lowest BCUT2D eigenvalue weighted by atomic mass is 10.0. The van der Waals surface area contributed by atoms with Crippen molar-refractivity contribution >= 4 is 5.69 Å². The third kappa shape index (κ3) is 4.16. The summed E-state index contributed by atoms with van der Waals surface area (Å²) in [6, 6.07) is 24.8. The summed E-state index contributed by atoms with van der Waals surface area (Å²) in [7, 11) is 4.09. The highest BCUT2D eigenvalue weighted by Gasteiger charge is 2.11. The number of hydrogen-bond acceptors (Lipinski definition) is 4. The van der Waals surface area contributed by atoms with Crippen LogP contribution in [0.25, 0.3) is 33.9 Å². The van der Waals surface area contributed by atoms with E-state index in [0.29, 0.717) is 0 Å². The third-order valence-electron chi connectivity index (χ3n) is 4.84. The van der Waals surface area contributed by atoms with Crippen LogP contribution < -0.4 is 4.90 Å². The van der Waals surface area contributed by atoms with Gasteiger partial charge in [-0.15, -0.1) is 0 Å². The Kier molecular flexibility index (Phi) is 5.09. The molecule has 4 rings (SSSR count). The Hall–Kier alpha value is -3.53. The molecule has 0 spiro atoms. The van der Waals surface area contributed by atoms with Crippen molar-refractivity contribution in [1.82, 2.24) is 15.0 Å². The Morgan fingerprint density at radius 2 is 1.07 bits per heavy atom. The average Bonchev–Trinajstić information content (AvgIpc) is 2.73. The third-order valence-corrected chi connectivity index (χ3v) is 4.84. The molecule has 29 heavy (non-hydrogen) atoms. The van der Waals surface area contributed by atoms with Gasteiger partial charge in [0, 0.05) is 31.2 Å². The van der Waals surface area contributed by atoms with Crippen molar-refractivity contribution in [2.24, 2.45) is 0 Å². The van der Waals surface area contributed by atoms with Crippen LogP contribution in [0, 0.1) is 13.8 Å². The maximum atomic E-state index is 4.89. The van der Waals surface area contributed by atoms with E-state index < -0.39 is 0 Å². The maximum Gasteiger partial charge on any atom is 0.0900 e. The summed E-state index contributed by atoms with van der Waals surface area (Å²) in [4.78, 5) is 16.3. The molecule has 0 unspecified atom stereocenters. The number of hydrogen-bond donors (Lipinski definition) is 0. The van der Waals surface area contributed by atoms with E-state index in [1.165, 1.54) is 5.69 Å². The molecular weight excluding hydrogens is 356 g/mol. The summed E-state index contributed by atoms with van der Waals surface area (Å²) in [6.45, 7) is 3.99. The summed E-state index contributed by atoms with van der Waals surface area (Å²) in [5.74, 6) is 0. The van der Waals surface area contributed by atoms with E-state index in [-0.39, 0.29) is 0 Å². The fourth-order valence-corrected chi connectivity index (χ4v) is 3.28. The van der Waals surface area contributed by atoms with Gasteiger partial charge in [0.1, 0.15) is 0 Å². The van der Waals surface area contributed by atoms with Gasteiger partial charge in [0.05, 0.1) is 22.8 Å². The number of pyridine rings is 3. The molecule has 0 saturated carbocycles. The van der Waals surface area contributed by atoms with Crippen molar-refractivity contribution in [3.05, 3.63) is 84.2 Å². The van der Waals surface area contributed by atoms with Crippen LogP contribution in [-0.4, -0.2) is 29.0 Å². The van der Waals surface area contributed by atoms with E-state index in [2.05, 4.69) is 51.3 Å². The minimum atomic E-state index is 0.848. The van der Waals surface area contributed by atoms with Crippen LogP contribution in [0.4, 0.5) is 5.69 Å². The first-order valence-electron chi connectivity index (χ1n) is 9.67. The molecule has 0 atom stereocenters. The molecule has 0 aliphatic carbocycles. The fourth-order valence-electron chi connectivity index (χ4n) is 3.28. The van der Waals surface area contributed by atoms with Crippen LogP contribution in [-0.2, 0) is 0 Å². The second kappa shape index (κ2) is 7.84. The molecular formula is C25H24N4. The lowest BCUT2D eigenvalue weighted by Crippen LogP contribution is -2.07. The lowest BCUT2D eigenvalue weighted by Gasteiger charge is -2.14. The van der Waals surface area contributed by atoms with Gasteiger partial charge in [-0.05, 0) is 73.5 Å². The van der Waals surface area contributed by atoms with Gasteiger partial charge >= 0.3 is 0 Å². The fraction of sp³-hybridized carbons (Fsp3) is 0.160. The number of aryl methyl sites for hydroxylation is 2. The predicted octanol–water partition coefficient (Wildman–Crippen LogP) is 5.56. The molecule has 1 aromatic carbocycles. The highest BCUT2D eigenvalue weighted by atomic mass is 15.1. The predicted molar refractivity (Wildman–Crippen MR) is 120 cm³/mol. The Bertz CT molecular complexity index is 1080. The van der Waals surface area contributed by atoms with Gasteiger partial charge in [-0.1, -0.05) is 24.3 Å². The minimum Gasteiger partial charge on any atom is -0.378 e. The van der Waals surface area contributed by atoms with Gasteiger partial charge in [0.2, 0.25) is 0 Å². The van der Waals surface area contributed by atoms with E-state index >= 15 is 0 Å². The second-order valence-corrected chi connectivity index (χ2v) is 7.40. The van der Waals surface area contributed by atoms with Gasteiger partial charge in [-0.3, -0.25) is 9.97 Å². The number of aromatic nitrogens is 3. The monoisotopic (exact) mass is 380 g/mol. The number of benzene rings is 1. The molecule has 0 amide bonds. The molecule has 3 heterocycles. The summed E-state index contributed by atoms with van der Waals surface area (Å²) < 4.78 is 0. The summed E-state index contributed by atoms with van der Waals surface area (Å²) in [5.41, 5.74) is 8.78. The van der Waals surface area contributed by atoms with Crippen molar-refractivity contribution in [1.29, 1.82) is 0 Å². The molecule has 0 fully saturated rings. The van der Waals surface area contributed by atoms with Crippen molar-refractivity contribution in [3.63, 3.8) is 0 Å².